The molecular weight excluding hydrogens is 340 g/mol. The Hall–Kier alpha value is -1.15. The Morgan fingerprint density at radius 2 is 2.04 bits per heavy atom. The maximum absolute atomic E-state index is 12.9. The van der Waals surface area contributed by atoms with E-state index in [1.807, 2.05) is 32.0 Å². The standard InChI is InChI=1S/C18H28N2O4S/c1-18(2)13-20(8-9-24-18)25(21,22)19(3)16-10-15(11-16)14-6-5-7-17(12-14)23-4/h5-7,12,15-16H,8-11,13H2,1-4H3. The zero-order valence-electron chi connectivity index (χ0n) is 15.4. The van der Waals surface area contributed by atoms with Crippen molar-refractivity contribution in [3.05, 3.63) is 29.8 Å². The lowest BCUT2D eigenvalue weighted by atomic mass is 9.76. The largest absolute Gasteiger partial charge is 0.497 e. The smallest absolute Gasteiger partial charge is 0.282 e. The van der Waals surface area contributed by atoms with E-state index in [1.54, 1.807) is 22.8 Å². The average molecular weight is 368 g/mol. The highest BCUT2D eigenvalue weighted by Gasteiger charge is 2.42. The SMILES string of the molecule is COc1cccc(C2CC(N(C)S(=O)(=O)N3CCOC(C)(C)C3)C2)c1. The summed E-state index contributed by atoms with van der Waals surface area (Å²) in [7, 11) is -0.0914. The van der Waals surface area contributed by atoms with Crippen LogP contribution in [0.3, 0.4) is 0 Å². The predicted octanol–water partition coefficient (Wildman–Crippen LogP) is 2.23. The number of hydrogen-bond donors (Lipinski definition) is 0. The average Bonchev–Trinajstić information content (AvgIpc) is 2.52. The third-order valence-electron chi connectivity index (χ3n) is 5.27. The molecule has 0 atom stereocenters. The van der Waals surface area contributed by atoms with E-state index in [0.717, 1.165) is 18.6 Å². The van der Waals surface area contributed by atoms with Gasteiger partial charge in [-0.2, -0.15) is 17.0 Å². The van der Waals surface area contributed by atoms with Crippen molar-refractivity contribution < 1.29 is 17.9 Å². The molecule has 0 bridgehead atoms. The first-order valence-electron chi connectivity index (χ1n) is 8.74. The second kappa shape index (κ2) is 6.87. The minimum Gasteiger partial charge on any atom is -0.497 e. The molecule has 140 valence electrons. The fourth-order valence-corrected chi connectivity index (χ4v) is 5.29. The van der Waals surface area contributed by atoms with Crippen LogP contribution in [0.1, 0.15) is 38.2 Å². The second-order valence-electron chi connectivity index (χ2n) is 7.56. The van der Waals surface area contributed by atoms with Gasteiger partial charge in [-0.1, -0.05) is 12.1 Å². The molecule has 3 rings (SSSR count). The number of morpholine rings is 1. The topological polar surface area (TPSA) is 59.1 Å². The summed E-state index contributed by atoms with van der Waals surface area (Å²) in [5, 5.41) is 0. The molecule has 6 nitrogen and oxygen atoms in total. The van der Waals surface area contributed by atoms with Crippen molar-refractivity contribution in [1.29, 1.82) is 0 Å². The zero-order chi connectivity index (χ0) is 18.2. The van der Waals surface area contributed by atoms with E-state index in [-0.39, 0.29) is 6.04 Å². The van der Waals surface area contributed by atoms with Gasteiger partial charge in [0.1, 0.15) is 5.75 Å². The normalized spacial score (nSPS) is 27.1. The molecule has 1 heterocycles. The molecule has 1 aliphatic carbocycles. The first-order valence-corrected chi connectivity index (χ1v) is 10.1. The maximum atomic E-state index is 12.9. The van der Waals surface area contributed by atoms with Crippen molar-refractivity contribution in [3.63, 3.8) is 0 Å². The first kappa shape index (κ1) is 18.6. The van der Waals surface area contributed by atoms with Crippen LogP contribution < -0.4 is 4.74 Å². The highest BCUT2D eigenvalue weighted by Crippen LogP contribution is 2.41. The molecule has 2 aliphatic rings. The summed E-state index contributed by atoms with van der Waals surface area (Å²) in [6.07, 6.45) is 1.69. The molecule has 0 aromatic heterocycles. The molecule has 1 saturated heterocycles. The van der Waals surface area contributed by atoms with Crippen LogP contribution in [0, 0.1) is 0 Å². The van der Waals surface area contributed by atoms with E-state index < -0.39 is 15.8 Å². The quantitative estimate of drug-likeness (QED) is 0.800. The van der Waals surface area contributed by atoms with E-state index in [9.17, 15) is 8.42 Å². The Bertz CT molecular complexity index is 714. The molecule has 0 amide bonds. The van der Waals surface area contributed by atoms with E-state index in [4.69, 9.17) is 9.47 Å². The molecule has 1 aliphatic heterocycles. The molecule has 1 aromatic carbocycles. The second-order valence-corrected chi connectivity index (χ2v) is 9.55. The van der Waals surface area contributed by atoms with Crippen molar-refractivity contribution >= 4 is 10.2 Å². The summed E-state index contributed by atoms with van der Waals surface area (Å²) in [4.78, 5) is 0. The molecule has 1 saturated carbocycles. The molecule has 2 fully saturated rings. The highest BCUT2D eigenvalue weighted by molar-refractivity contribution is 7.86. The van der Waals surface area contributed by atoms with Crippen molar-refractivity contribution in [3.8, 4) is 5.75 Å². The molecule has 0 N–H and O–H groups in total. The molecule has 25 heavy (non-hydrogen) atoms. The van der Waals surface area contributed by atoms with Crippen LogP contribution in [0.25, 0.3) is 0 Å². The third kappa shape index (κ3) is 3.84. The number of methoxy groups -OCH3 is 1. The molecule has 0 unspecified atom stereocenters. The molecule has 7 heteroatoms. The predicted molar refractivity (Wildman–Crippen MR) is 97.0 cm³/mol. The van der Waals surface area contributed by atoms with E-state index in [2.05, 4.69) is 6.07 Å². The molecular formula is C18H28N2O4S. The molecule has 0 radical (unpaired) electrons. The number of rotatable bonds is 5. The van der Waals surface area contributed by atoms with E-state index in [0.29, 0.717) is 25.6 Å². The van der Waals surface area contributed by atoms with Crippen LogP contribution in [-0.2, 0) is 14.9 Å². The Morgan fingerprint density at radius 3 is 2.68 bits per heavy atom. The molecule has 0 spiro atoms. The van der Waals surface area contributed by atoms with Gasteiger partial charge in [0.25, 0.3) is 10.2 Å². The van der Waals surface area contributed by atoms with Crippen LogP contribution in [-0.4, -0.2) is 62.5 Å². The van der Waals surface area contributed by atoms with E-state index in [1.165, 1.54) is 5.56 Å². The van der Waals surface area contributed by atoms with Gasteiger partial charge in [-0.25, -0.2) is 0 Å². The minimum absolute atomic E-state index is 0.0483. The summed E-state index contributed by atoms with van der Waals surface area (Å²) < 4.78 is 39.9. The Morgan fingerprint density at radius 1 is 1.32 bits per heavy atom. The lowest BCUT2D eigenvalue weighted by Crippen LogP contribution is -2.56. The van der Waals surface area contributed by atoms with Crippen LogP contribution in [0.2, 0.25) is 0 Å². The third-order valence-corrected chi connectivity index (χ3v) is 7.26. The number of hydrogen-bond acceptors (Lipinski definition) is 4. The summed E-state index contributed by atoms with van der Waals surface area (Å²) in [5.41, 5.74) is 0.781. The monoisotopic (exact) mass is 368 g/mol. The number of benzene rings is 1. The van der Waals surface area contributed by atoms with Gasteiger partial charge in [0.05, 0.1) is 19.3 Å². The summed E-state index contributed by atoms with van der Waals surface area (Å²) >= 11 is 0. The first-order chi connectivity index (χ1) is 11.7. The lowest BCUT2D eigenvalue weighted by Gasteiger charge is -2.44. The maximum Gasteiger partial charge on any atom is 0.282 e. The fourth-order valence-electron chi connectivity index (χ4n) is 3.59. The Balaban J connectivity index is 1.63. The summed E-state index contributed by atoms with van der Waals surface area (Å²) in [6, 6.07) is 8.09. The van der Waals surface area contributed by atoms with Gasteiger partial charge in [0.15, 0.2) is 0 Å². The summed E-state index contributed by atoms with van der Waals surface area (Å²) in [5.74, 6) is 1.23. The zero-order valence-corrected chi connectivity index (χ0v) is 16.3. The van der Waals surface area contributed by atoms with E-state index >= 15 is 0 Å². The molecule has 1 aromatic rings. The van der Waals surface area contributed by atoms with Gasteiger partial charge in [-0.05, 0) is 50.3 Å². The van der Waals surface area contributed by atoms with Crippen LogP contribution in [0.5, 0.6) is 5.75 Å². The van der Waals surface area contributed by atoms with Crippen LogP contribution in [0.4, 0.5) is 0 Å². The van der Waals surface area contributed by atoms with Gasteiger partial charge >= 0.3 is 0 Å². The van der Waals surface area contributed by atoms with Crippen molar-refractivity contribution in [2.45, 2.75) is 44.2 Å². The van der Waals surface area contributed by atoms with Gasteiger partial charge < -0.3 is 9.47 Å². The number of ether oxygens (including phenoxy) is 2. The lowest BCUT2D eigenvalue weighted by molar-refractivity contribution is -0.0655. The van der Waals surface area contributed by atoms with Crippen LogP contribution >= 0.6 is 0 Å². The van der Waals surface area contributed by atoms with Gasteiger partial charge in [-0.3, -0.25) is 0 Å². The fraction of sp³-hybridized carbons (Fsp3) is 0.667. The van der Waals surface area contributed by atoms with Crippen LogP contribution in [0.15, 0.2) is 24.3 Å². The number of nitrogens with zero attached hydrogens (tertiary/aromatic N) is 2. The van der Waals surface area contributed by atoms with Gasteiger partial charge in [0.2, 0.25) is 0 Å². The summed E-state index contributed by atoms with van der Waals surface area (Å²) in [6.45, 7) is 5.11. The van der Waals surface area contributed by atoms with Crippen molar-refractivity contribution in [1.82, 2.24) is 8.61 Å². The Labute approximate surface area is 150 Å². The minimum atomic E-state index is -3.45. The Kier molecular flexibility index (Phi) is 5.12. The van der Waals surface area contributed by atoms with Crippen molar-refractivity contribution in [2.24, 2.45) is 0 Å². The highest BCUT2D eigenvalue weighted by atomic mass is 32.2. The van der Waals surface area contributed by atoms with Gasteiger partial charge in [0, 0.05) is 26.2 Å². The van der Waals surface area contributed by atoms with Crippen molar-refractivity contribution in [2.75, 3.05) is 33.9 Å². The van der Waals surface area contributed by atoms with Gasteiger partial charge in [-0.15, -0.1) is 0 Å².